The van der Waals surface area contributed by atoms with Crippen LogP contribution in [0.3, 0.4) is 0 Å². The van der Waals surface area contributed by atoms with Gasteiger partial charge in [-0.25, -0.2) is 9.59 Å². The van der Waals surface area contributed by atoms with Gasteiger partial charge >= 0.3 is 12.1 Å². The zero-order valence-corrected chi connectivity index (χ0v) is 21.6. The van der Waals surface area contributed by atoms with Crippen molar-refractivity contribution in [3.8, 4) is 0 Å². The minimum Gasteiger partial charge on any atom is -0.444 e. The molecular weight excluding hydrogens is 458 g/mol. The van der Waals surface area contributed by atoms with E-state index in [1.165, 1.54) is 0 Å². The molecule has 1 heterocycles. The molecule has 2 N–H and O–H groups in total. The number of unbranched alkanes of at least 4 members (excludes halogenated alkanes) is 1. The lowest BCUT2D eigenvalue weighted by Crippen LogP contribution is -2.44. The van der Waals surface area contributed by atoms with E-state index in [1.807, 2.05) is 13.8 Å². The highest BCUT2D eigenvalue weighted by Gasteiger charge is 2.33. The lowest BCUT2D eigenvalue weighted by molar-refractivity contribution is -0.197. The van der Waals surface area contributed by atoms with Gasteiger partial charge in [-0.3, -0.25) is 19.2 Å². The lowest BCUT2D eigenvalue weighted by Gasteiger charge is -2.22. The van der Waals surface area contributed by atoms with Gasteiger partial charge in [0.15, 0.2) is 5.78 Å². The Balaban J connectivity index is 2.59. The number of nitrogens with one attached hydrogen (secondary N) is 2. The van der Waals surface area contributed by atoms with E-state index in [1.54, 1.807) is 27.7 Å². The summed E-state index contributed by atoms with van der Waals surface area (Å²) >= 11 is 0. The number of Topliss-reactive ketones (excluding diaryl/α,β-unsaturated/α-hetero) is 1. The van der Waals surface area contributed by atoms with Crippen molar-refractivity contribution >= 4 is 35.6 Å². The zero-order valence-electron chi connectivity index (χ0n) is 21.6. The van der Waals surface area contributed by atoms with Crippen LogP contribution in [0.1, 0.15) is 86.5 Å². The number of carbonyl (C=O) groups is 6. The van der Waals surface area contributed by atoms with Crippen LogP contribution < -0.4 is 10.6 Å². The van der Waals surface area contributed by atoms with Crippen molar-refractivity contribution in [3.05, 3.63) is 0 Å². The van der Waals surface area contributed by atoms with Crippen LogP contribution in [-0.2, 0) is 33.5 Å². The Morgan fingerprint density at radius 2 is 1.57 bits per heavy atom. The third kappa shape index (κ3) is 11.3. The number of alkyl carbamates (subject to hydrolysis) is 1. The highest BCUT2D eigenvalue weighted by molar-refractivity contribution is 6.01. The third-order valence-corrected chi connectivity index (χ3v) is 5.48. The highest BCUT2D eigenvalue weighted by atomic mass is 16.7. The molecule has 0 unspecified atom stereocenters. The topological polar surface area (TPSA) is 148 Å². The number of amides is 4. The van der Waals surface area contributed by atoms with Crippen molar-refractivity contribution in [3.63, 3.8) is 0 Å². The van der Waals surface area contributed by atoms with Gasteiger partial charge in [-0.15, -0.1) is 5.06 Å². The van der Waals surface area contributed by atoms with E-state index in [0.717, 1.165) is 0 Å². The van der Waals surface area contributed by atoms with Crippen LogP contribution in [0.15, 0.2) is 0 Å². The third-order valence-electron chi connectivity index (χ3n) is 5.48. The molecule has 1 aliphatic heterocycles. The summed E-state index contributed by atoms with van der Waals surface area (Å²) in [5, 5.41) is 5.85. The molecule has 0 saturated carbocycles. The van der Waals surface area contributed by atoms with Gasteiger partial charge in [-0.2, -0.15) is 0 Å². The van der Waals surface area contributed by atoms with Crippen molar-refractivity contribution in [2.75, 3.05) is 6.54 Å². The first kappa shape index (κ1) is 30.1. The van der Waals surface area contributed by atoms with Crippen molar-refractivity contribution in [2.45, 2.75) is 98.1 Å². The van der Waals surface area contributed by atoms with Crippen molar-refractivity contribution < 1.29 is 38.3 Å². The molecule has 11 heteroatoms. The molecule has 0 spiro atoms. The summed E-state index contributed by atoms with van der Waals surface area (Å²) in [5.74, 6) is -2.91. The lowest BCUT2D eigenvalue weighted by atomic mass is 9.95. The van der Waals surface area contributed by atoms with E-state index in [2.05, 4.69) is 10.6 Å². The van der Waals surface area contributed by atoms with E-state index >= 15 is 0 Å². The van der Waals surface area contributed by atoms with E-state index < -0.39 is 35.5 Å². The van der Waals surface area contributed by atoms with Crippen LogP contribution >= 0.6 is 0 Å². The van der Waals surface area contributed by atoms with E-state index in [-0.39, 0.29) is 49.2 Å². The van der Waals surface area contributed by atoms with Gasteiger partial charge in [-0.1, -0.05) is 20.8 Å². The van der Waals surface area contributed by atoms with Gasteiger partial charge in [0.2, 0.25) is 5.91 Å². The zero-order chi connectivity index (χ0) is 26.8. The molecule has 0 radical (unpaired) electrons. The molecule has 4 amide bonds. The number of ether oxygens (including phenoxy) is 1. The fraction of sp³-hybridized carbons (Fsp3) is 0.750. The molecule has 2 atom stereocenters. The smallest absolute Gasteiger partial charge is 0.407 e. The predicted molar refractivity (Wildman–Crippen MR) is 125 cm³/mol. The Hall–Kier alpha value is -2.98. The molecule has 0 bridgehead atoms. The maximum Gasteiger partial charge on any atom is 0.407 e. The van der Waals surface area contributed by atoms with Gasteiger partial charge in [0.1, 0.15) is 5.60 Å². The Morgan fingerprint density at radius 3 is 2.11 bits per heavy atom. The first-order chi connectivity index (χ1) is 16.2. The largest absolute Gasteiger partial charge is 0.444 e. The normalized spacial score (nSPS) is 15.6. The van der Waals surface area contributed by atoms with Crippen molar-refractivity contribution in [1.29, 1.82) is 0 Å². The quantitative estimate of drug-likeness (QED) is 0.291. The summed E-state index contributed by atoms with van der Waals surface area (Å²) in [7, 11) is 0. The minimum atomic E-state index is -0.871. The number of hydroxylamine groups is 2. The molecule has 0 aliphatic carbocycles. The molecule has 198 valence electrons. The number of hydrogen-bond donors (Lipinski definition) is 2. The average Bonchev–Trinajstić information content (AvgIpc) is 3.06. The fourth-order valence-electron chi connectivity index (χ4n) is 3.10. The van der Waals surface area contributed by atoms with Crippen LogP contribution in [0.4, 0.5) is 4.79 Å². The molecule has 11 nitrogen and oxygen atoms in total. The van der Waals surface area contributed by atoms with Gasteiger partial charge in [0.05, 0.1) is 12.5 Å². The Morgan fingerprint density at radius 1 is 0.971 bits per heavy atom. The molecule has 0 aromatic heterocycles. The van der Waals surface area contributed by atoms with Gasteiger partial charge < -0.3 is 20.2 Å². The Labute approximate surface area is 206 Å². The summed E-state index contributed by atoms with van der Waals surface area (Å²) in [6.07, 6.45) is 0.297. The average molecular weight is 498 g/mol. The SMILES string of the molecule is CC(C)[C@H](C)C(=O)N[C@@H](CCCCNC(=O)OC(C)(C)C)C(=O)CCC(=O)ON1C(=O)CCC1=O. The number of nitrogens with zero attached hydrogens (tertiary/aromatic N) is 1. The van der Waals surface area contributed by atoms with Crippen molar-refractivity contribution in [2.24, 2.45) is 11.8 Å². The van der Waals surface area contributed by atoms with E-state index in [9.17, 15) is 28.8 Å². The Kier molecular flexibility index (Phi) is 11.8. The summed E-state index contributed by atoms with van der Waals surface area (Å²) < 4.78 is 5.17. The summed E-state index contributed by atoms with van der Waals surface area (Å²) in [6.45, 7) is 11.2. The van der Waals surface area contributed by atoms with Crippen LogP contribution in [0, 0.1) is 11.8 Å². The highest BCUT2D eigenvalue weighted by Crippen LogP contribution is 2.15. The number of ketones is 1. The summed E-state index contributed by atoms with van der Waals surface area (Å²) in [5.41, 5.74) is -0.602. The Bertz CT molecular complexity index is 787. The summed E-state index contributed by atoms with van der Waals surface area (Å²) in [6, 6.07) is -0.812. The van der Waals surface area contributed by atoms with Gasteiger partial charge in [0.25, 0.3) is 11.8 Å². The van der Waals surface area contributed by atoms with Crippen LogP contribution in [0.2, 0.25) is 0 Å². The van der Waals surface area contributed by atoms with Gasteiger partial charge in [-0.05, 0) is 46.0 Å². The molecule has 0 aromatic carbocycles. The fourth-order valence-corrected chi connectivity index (χ4v) is 3.10. The van der Waals surface area contributed by atoms with Gasteiger partial charge in [0, 0.05) is 31.7 Å². The molecule has 1 saturated heterocycles. The first-order valence-corrected chi connectivity index (χ1v) is 12.1. The number of imide groups is 1. The molecule has 1 aliphatic rings. The molecule has 1 fully saturated rings. The van der Waals surface area contributed by atoms with E-state index in [4.69, 9.17) is 9.57 Å². The van der Waals surface area contributed by atoms with Crippen LogP contribution in [-0.4, -0.2) is 58.8 Å². The monoisotopic (exact) mass is 497 g/mol. The molecule has 0 aromatic rings. The predicted octanol–water partition coefficient (Wildman–Crippen LogP) is 2.41. The maximum atomic E-state index is 12.8. The number of hydrogen-bond acceptors (Lipinski definition) is 8. The molecule has 35 heavy (non-hydrogen) atoms. The second-order valence-corrected chi connectivity index (χ2v) is 10.0. The standard InChI is InChI=1S/C24H39N3O8/c1-15(2)16(3)22(32)26-17(9-7-8-14-25-23(33)34-24(4,5)6)18(28)10-13-21(31)35-27-19(29)11-12-20(27)30/h15-17H,7-14H2,1-6H3,(H,25,33)(H,26,32)/t16-,17-/m0/s1. The maximum absolute atomic E-state index is 12.8. The number of carbonyl (C=O) groups excluding carboxylic acids is 6. The molecular formula is C24H39N3O8. The van der Waals surface area contributed by atoms with E-state index in [0.29, 0.717) is 30.9 Å². The number of rotatable bonds is 13. The minimum absolute atomic E-state index is 0.0179. The second kappa shape index (κ2) is 13.8. The second-order valence-electron chi connectivity index (χ2n) is 10.0. The first-order valence-electron chi connectivity index (χ1n) is 12.1. The van der Waals surface area contributed by atoms with Crippen LogP contribution in [0.5, 0.6) is 0 Å². The van der Waals surface area contributed by atoms with Crippen LogP contribution in [0.25, 0.3) is 0 Å². The summed E-state index contributed by atoms with van der Waals surface area (Å²) in [4.78, 5) is 77.0. The molecule has 1 rings (SSSR count). The van der Waals surface area contributed by atoms with Crippen molar-refractivity contribution in [1.82, 2.24) is 15.7 Å².